The summed E-state index contributed by atoms with van der Waals surface area (Å²) in [5, 5.41) is 2.65. The number of carbonyl (C=O) groups excluding carboxylic acids is 3. The Bertz CT molecular complexity index is 1010. The van der Waals surface area contributed by atoms with Gasteiger partial charge in [-0.2, -0.15) is 8.75 Å². The molecule has 27 heavy (non-hydrogen) atoms. The van der Waals surface area contributed by atoms with Crippen molar-refractivity contribution in [2.75, 3.05) is 17.7 Å². The predicted octanol–water partition coefficient (Wildman–Crippen LogP) is 2.06. The highest BCUT2D eigenvalue weighted by Gasteiger charge is 2.16. The molecule has 0 fully saturated rings. The van der Waals surface area contributed by atoms with Gasteiger partial charge in [0, 0.05) is 4.90 Å². The Kier molecular flexibility index (Phi) is 5.99. The summed E-state index contributed by atoms with van der Waals surface area (Å²) in [5.41, 5.74) is 7.15. The number of thioether (sulfide) groups is 1. The molecule has 0 radical (unpaired) electrons. The van der Waals surface area contributed by atoms with Crippen LogP contribution in [0.5, 0.6) is 0 Å². The molecule has 3 N–H and O–H groups in total. The van der Waals surface area contributed by atoms with Crippen LogP contribution in [0.25, 0.3) is 11.0 Å². The highest BCUT2D eigenvalue weighted by atomic mass is 32.2. The second-order valence-electron chi connectivity index (χ2n) is 5.31. The summed E-state index contributed by atoms with van der Waals surface area (Å²) in [6, 6.07) is 11.9. The van der Waals surface area contributed by atoms with Gasteiger partial charge < -0.3 is 15.8 Å². The number of amides is 2. The van der Waals surface area contributed by atoms with E-state index >= 15 is 0 Å². The Labute approximate surface area is 162 Å². The number of nitrogens with two attached hydrogens (primary N) is 1. The Morgan fingerprint density at radius 2 is 1.93 bits per heavy atom. The van der Waals surface area contributed by atoms with E-state index in [4.69, 9.17) is 10.5 Å². The minimum atomic E-state index is -0.661. The van der Waals surface area contributed by atoms with Crippen LogP contribution in [-0.2, 0) is 14.3 Å². The largest absolute Gasteiger partial charge is 0.452 e. The quantitative estimate of drug-likeness (QED) is 0.458. The third kappa shape index (κ3) is 4.80. The molecule has 0 spiro atoms. The standard InChI is InChI=1S/C17H14N4O4S2/c18-14(22)9-26-13-7-2-1-4-10(13)17(24)25-8-15(23)19-11-5-3-6-12-16(11)21-27-20-12/h1-7H,8-9H2,(H2,18,22)(H,19,23). The van der Waals surface area contributed by atoms with Gasteiger partial charge in [0.25, 0.3) is 5.91 Å². The van der Waals surface area contributed by atoms with Crippen LogP contribution in [0.2, 0.25) is 0 Å². The molecule has 0 aliphatic carbocycles. The number of aromatic nitrogens is 2. The highest BCUT2D eigenvalue weighted by Crippen LogP contribution is 2.23. The Hall–Kier alpha value is -2.98. The molecule has 138 valence electrons. The second kappa shape index (κ2) is 8.60. The van der Waals surface area contributed by atoms with Crippen LogP contribution in [0, 0.1) is 0 Å². The van der Waals surface area contributed by atoms with Gasteiger partial charge in [0.15, 0.2) is 6.61 Å². The summed E-state index contributed by atoms with van der Waals surface area (Å²) >= 11 is 2.18. The van der Waals surface area contributed by atoms with Crippen LogP contribution >= 0.6 is 23.5 Å². The molecule has 0 atom stereocenters. The fourth-order valence-electron chi connectivity index (χ4n) is 2.21. The number of rotatable bonds is 7. The third-order valence-electron chi connectivity index (χ3n) is 3.37. The number of nitrogens with one attached hydrogen (secondary N) is 1. The van der Waals surface area contributed by atoms with E-state index in [0.29, 0.717) is 21.6 Å². The molecular formula is C17H14N4O4S2. The molecule has 2 amide bonds. The third-order valence-corrected chi connectivity index (χ3v) is 5.01. The van der Waals surface area contributed by atoms with Crippen molar-refractivity contribution in [3.8, 4) is 0 Å². The summed E-state index contributed by atoms with van der Waals surface area (Å²) in [7, 11) is 0. The molecular weight excluding hydrogens is 388 g/mol. The van der Waals surface area contributed by atoms with Crippen LogP contribution in [0.1, 0.15) is 10.4 Å². The number of anilines is 1. The van der Waals surface area contributed by atoms with E-state index in [2.05, 4.69) is 14.1 Å². The van der Waals surface area contributed by atoms with Crippen molar-refractivity contribution in [1.29, 1.82) is 0 Å². The van der Waals surface area contributed by atoms with Crippen molar-refractivity contribution in [2.24, 2.45) is 5.73 Å². The maximum absolute atomic E-state index is 12.3. The molecule has 1 aromatic heterocycles. The van der Waals surface area contributed by atoms with E-state index < -0.39 is 24.4 Å². The molecule has 0 aliphatic rings. The lowest BCUT2D eigenvalue weighted by molar-refractivity contribution is -0.119. The normalized spacial score (nSPS) is 10.5. The number of nitrogens with zero attached hydrogens (tertiary/aromatic N) is 2. The molecule has 8 nitrogen and oxygen atoms in total. The highest BCUT2D eigenvalue weighted by molar-refractivity contribution is 8.00. The van der Waals surface area contributed by atoms with Crippen molar-refractivity contribution >= 4 is 58.0 Å². The molecule has 0 aliphatic heterocycles. The van der Waals surface area contributed by atoms with E-state index in [0.717, 1.165) is 23.5 Å². The summed E-state index contributed by atoms with van der Waals surface area (Å²) in [4.78, 5) is 35.9. The summed E-state index contributed by atoms with van der Waals surface area (Å²) in [6.07, 6.45) is 0. The molecule has 0 bridgehead atoms. The van der Waals surface area contributed by atoms with Crippen molar-refractivity contribution in [1.82, 2.24) is 8.75 Å². The van der Waals surface area contributed by atoms with Gasteiger partial charge in [-0.25, -0.2) is 4.79 Å². The first-order chi connectivity index (χ1) is 13.0. The average Bonchev–Trinajstić information content (AvgIpc) is 3.14. The monoisotopic (exact) mass is 402 g/mol. The molecule has 3 aromatic rings. The molecule has 3 rings (SSSR count). The lowest BCUT2D eigenvalue weighted by Gasteiger charge is -2.09. The fraction of sp³-hybridized carbons (Fsp3) is 0.118. The smallest absolute Gasteiger partial charge is 0.339 e. The summed E-state index contributed by atoms with van der Waals surface area (Å²) in [5.74, 6) is -1.61. The topological polar surface area (TPSA) is 124 Å². The van der Waals surface area contributed by atoms with Crippen LogP contribution in [-0.4, -0.2) is 38.9 Å². The SMILES string of the molecule is NC(=O)CSc1ccccc1C(=O)OCC(=O)Nc1cccc2nsnc12. The van der Waals surface area contributed by atoms with Crippen LogP contribution in [0.4, 0.5) is 5.69 Å². The minimum absolute atomic E-state index is 0.0382. The predicted molar refractivity (Wildman–Crippen MR) is 103 cm³/mol. The number of ether oxygens (including phenoxy) is 1. The molecule has 10 heteroatoms. The Morgan fingerprint density at radius 3 is 2.74 bits per heavy atom. The van der Waals surface area contributed by atoms with Gasteiger partial charge in [-0.05, 0) is 24.3 Å². The van der Waals surface area contributed by atoms with Crippen LogP contribution < -0.4 is 11.1 Å². The number of esters is 1. The number of hydrogen-bond donors (Lipinski definition) is 2. The van der Waals surface area contributed by atoms with Crippen molar-refractivity contribution in [2.45, 2.75) is 4.90 Å². The van der Waals surface area contributed by atoms with Crippen molar-refractivity contribution in [3.05, 3.63) is 48.0 Å². The van der Waals surface area contributed by atoms with Gasteiger partial charge >= 0.3 is 5.97 Å². The van der Waals surface area contributed by atoms with Gasteiger partial charge in [0.2, 0.25) is 5.91 Å². The van der Waals surface area contributed by atoms with E-state index in [1.165, 1.54) is 0 Å². The zero-order chi connectivity index (χ0) is 19.2. The number of carbonyl (C=O) groups is 3. The molecule has 0 saturated carbocycles. The fourth-order valence-corrected chi connectivity index (χ4v) is 3.54. The van der Waals surface area contributed by atoms with E-state index in [-0.39, 0.29) is 11.3 Å². The van der Waals surface area contributed by atoms with Gasteiger partial charge in [0.05, 0.1) is 28.7 Å². The second-order valence-corrected chi connectivity index (χ2v) is 6.86. The lowest BCUT2D eigenvalue weighted by atomic mass is 10.2. The van der Waals surface area contributed by atoms with Gasteiger partial charge in [-0.15, -0.1) is 11.8 Å². The van der Waals surface area contributed by atoms with E-state index in [1.54, 1.807) is 42.5 Å². The van der Waals surface area contributed by atoms with Crippen molar-refractivity contribution in [3.63, 3.8) is 0 Å². The molecule has 1 heterocycles. The minimum Gasteiger partial charge on any atom is -0.452 e. The zero-order valence-corrected chi connectivity index (χ0v) is 15.5. The first kappa shape index (κ1) is 18.8. The van der Waals surface area contributed by atoms with Gasteiger partial charge in [0.1, 0.15) is 11.0 Å². The van der Waals surface area contributed by atoms with E-state index in [1.807, 2.05) is 0 Å². The molecule has 0 saturated heterocycles. The zero-order valence-electron chi connectivity index (χ0n) is 13.9. The Morgan fingerprint density at radius 1 is 1.11 bits per heavy atom. The van der Waals surface area contributed by atoms with Crippen LogP contribution in [0.15, 0.2) is 47.4 Å². The molecule has 2 aromatic carbocycles. The maximum Gasteiger partial charge on any atom is 0.339 e. The van der Waals surface area contributed by atoms with Gasteiger partial charge in [-0.1, -0.05) is 18.2 Å². The lowest BCUT2D eigenvalue weighted by Crippen LogP contribution is -2.21. The summed E-state index contributed by atoms with van der Waals surface area (Å²) in [6.45, 7) is -0.457. The average molecular weight is 402 g/mol. The van der Waals surface area contributed by atoms with E-state index in [9.17, 15) is 14.4 Å². The van der Waals surface area contributed by atoms with Crippen molar-refractivity contribution < 1.29 is 19.1 Å². The number of hydrogen-bond acceptors (Lipinski definition) is 8. The number of primary amides is 1. The molecule has 0 unspecified atom stereocenters. The van der Waals surface area contributed by atoms with Gasteiger partial charge in [-0.3, -0.25) is 9.59 Å². The first-order valence-corrected chi connectivity index (χ1v) is 9.44. The number of benzene rings is 2. The Balaban J connectivity index is 1.61. The number of fused-ring (bicyclic) bond motifs is 1. The maximum atomic E-state index is 12.3. The first-order valence-electron chi connectivity index (χ1n) is 7.73. The summed E-state index contributed by atoms with van der Waals surface area (Å²) < 4.78 is 13.3. The van der Waals surface area contributed by atoms with Crippen LogP contribution in [0.3, 0.4) is 0 Å².